The van der Waals surface area contributed by atoms with E-state index in [1.807, 2.05) is 0 Å². The third kappa shape index (κ3) is 10.6. The van der Waals surface area contributed by atoms with Crippen LogP contribution in [0.4, 0.5) is 5.69 Å². The Morgan fingerprint density at radius 3 is 2.38 bits per heavy atom. The number of nitro groups is 1. The number of carbonyl (C=O) groups is 4. The van der Waals surface area contributed by atoms with Crippen molar-refractivity contribution >= 4 is 52.6 Å². The number of carbonyl (C=O) groups excluding carboxylic acids is 4. The van der Waals surface area contributed by atoms with E-state index < -0.39 is 34.2 Å². The average Bonchev–Trinajstić information content (AvgIpc) is 3.07. The highest BCUT2D eigenvalue weighted by molar-refractivity contribution is 6.30. The number of morpholine rings is 1. The van der Waals surface area contributed by atoms with Crippen LogP contribution in [0, 0.1) is 10.1 Å². The van der Waals surface area contributed by atoms with Crippen LogP contribution in [0.15, 0.2) is 48.5 Å². The van der Waals surface area contributed by atoms with Crippen LogP contribution in [0.5, 0.6) is 0 Å². The molecule has 0 spiro atoms. The van der Waals surface area contributed by atoms with Crippen molar-refractivity contribution in [3.8, 4) is 0 Å². The Hall–Kier alpha value is -3.78. The standard InChI is InChI=1S/C33H41Cl2N5O8/c1-2-48-32(43)23-37(15-12-24-6-10-27(11-7-24)40(45)46)30(41)21-28-33(44)39(29(35)20-25-4-8-26(34)9-5-25)22-31(42)38(28)14-3-13-36-16-18-47-19-17-36/h4-11,28-29H,2-3,12-23H2,1H3. The molecule has 0 aliphatic carbocycles. The summed E-state index contributed by atoms with van der Waals surface area (Å²) in [5.74, 6) is -1.90. The van der Waals surface area contributed by atoms with Gasteiger partial charge in [0.25, 0.3) is 5.69 Å². The third-order valence-electron chi connectivity index (χ3n) is 8.37. The molecule has 0 radical (unpaired) electrons. The second-order valence-electron chi connectivity index (χ2n) is 11.6. The number of ether oxygens (including phenoxy) is 2. The molecule has 4 rings (SSSR count). The molecule has 13 nitrogen and oxygen atoms in total. The number of hydrogen-bond donors (Lipinski definition) is 0. The maximum absolute atomic E-state index is 14.1. The van der Waals surface area contributed by atoms with Crippen LogP contribution in [0.25, 0.3) is 0 Å². The fourth-order valence-electron chi connectivity index (χ4n) is 5.74. The van der Waals surface area contributed by atoms with Gasteiger partial charge in [0.15, 0.2) is 0 Å². The predicted molar refractivity (Wildman–Crippen MR) is 179 cm³/mol. The van der Waals surface area contributed by atoms with E-state index in [4.69, 9.17) is 32.7 Å². The molecule has 3 amide bonds. The summed E-state index contributed by atoms with van der Waals surface area (Å²) in [5.41, 5.74) is 0.625. The van der Waals surface area contributed by atoms with Crippen LogP contribution in [0.3, 0.4) is 0 Å². The first-order valence-corrected chi connectivity index (χ1v) is 16.8. The van der Waals surface area contributed by atoms with Gasteiger partial charge in [-0.2, -0.15) is 0 Å². The van der Waals surface area contributed by atoms with Gasteiger partial charge >= 0.3 is 5.97 Å². The van der Waals surface area contributed by atoms with Crippen molar-refractivity contribution in [1.82, 2.24) is 19.6 Å². The van der Waals surface area contributed by atoms with Crippen molar-refractivity contribution in [2.45, 2.75) is 44.1 Å². The minimum Gasteiger partial charge on any atom is -0.465 e. The Balaban J connectivity index is 1.52. The molecule has 2 fully saturated rings. The second kappa shape index (κ2) is 18.1. The molecule has 48 heavy (non-hydrogen) atoms. The summed E-state index contributed by atoms with van der Waals surface area (Å²) in [6.45, 7) is 5.06. The number of nitro benzene ring substituents is 1. The van der Waals surface area contributed by atoms with E-state index in [2.05, 4.69) is 4.90 Å². The highest BCUT2D eigenvalue weighted by Gasteiger charge is 2.43. The highest BCUT2D eigenvalue weighted by Crippen LogP contribution is 2.24. The number of esters is 1. The minimum atomic E-state index is -1.13. The van der Waals surface area contributed by atoms with E-state index in [1.54, 1.807) is 43.3 Å². The molecule has 2 aliphatic heterocycles. The molecule has 15 heteroatoms. The number of piperazine rings is 1. The monoisotopic (exact) mass is 705 g/mol. The zero-order valence-electron chi connectivity index (χ0n) is 26.9. The van der Waals surface area contributed by atoms with Crippen LogP contribution in [-0.2, 0) is 41.5 Å². The van der Waals surface area contributed by atoms with Gasteiger partial charge in [-0.25, -0.2) is 0 Å². The second-order valence-corrected chi connectivity index (χ2v) is 12.6. The SMILES string of the molecule is CCOC(=O)CN(CCc1ccc([N+](=O)[O-])cc1)C(=O)CC1C(=O)N(C(Cl)Cc2ccc(Cl)cc2)CC(=O)N1CCCN1CCOCC1. The minimum absolute atomic E-state index is 0.0643. The first-order valence-electron chi connectivity index (χ1n) is 16.0. The molecule has 2 unspecified atom stereocenters. The van der Waals surface area contributed by atoms with Crippen LogP contribution in [0.2, 0.25) is 5.02 Å². The Labute approximate surface area is 289 Å². The lowest BCUT2D eigenvalue weighted by molar-refractivity contribution is -0.384. The molecule has 2 saturated heterocycles. The summed E-state index contributed by atoms with van der Waals surface area (Å²) in [6.07, 6.45) is 0.787. The van der Waals surface area contributed by atoms with E-state index in [9.17, 15) is 29.3 Å². The van der Waals surface area contributed by atoms with Gasteiger partial charge in [-0.05, 0) is 43.0 Å². The molecule has 0 saturated carbocycles. The van der Waals surface area contributed by atoms with Crippen molar-refractivity contribution in [3.05, 3.63) is 74.8 Å². The lowest BCUT2D eigenvalue weighted by atomic mass is 10.0. The number of nitrogens with zero attached hydrogens (tertiary/aromatic N) is 5. The van der Waals surface area contributed by atoms with Crippen molar-refractivity contribution in [2.75, 3.05) is 65.6 Å². The van der Waals surface area contributed by atoms with E-state index in [-0.39, 0.29) is 57.2 Å². The molecular weight excluding hydrogens is 665 g/mol. The number of hydrogen-bond acceptors (Lipinski definition) is 9. The number of amides is 3. The molecular formula is C33H41Cl2N5O8. The maximum Gasteiger partial charge on any atom is 0.325 e. The smallest absolute Gasteiger partial charge is 0.325 e. The fourth-order valence-corrected chi connectivity index (χ4v) is 6.21. The van der Waals surface area contributed by atoms with Crippen LogP contribution >= 0.6 is 23.2 Å². The number of benzene rings is 2. The number of alkyl halides is 1. The molecule has 2 aromatic rings. The molecule has 2 heterocycles. The Morgan fingerprint density at radius 2 is 1.73 bits per heavy atom. The highest BCUT2D eigenvalue weighted by atomic mass is 35.5. The van der Waals surface area contributed by atoms with Crippen molar-refractivity contribution in [2.24, 2.45) is 0 Å². The van der Waals surface area contributed by atoms with Crippen molar-refractivity contribution in [1.29, 1.82) is 0 Å². The molecule has 2 atom stereocenters. The first kappa shape index (κ1) is 37.0. The summed E-state index contributed by atoms with van der Waals surface area (Å²) in [4.78, 5) is 70.9. The molecule has 0 N–H and O–H groups in total. The lowest BCUT2D eigenvalue weighted by Gasteiger charge is -2.42. The van der Waals surface area contributed by atoms with Gasteiger partial charge in [0.2, 0.25) is 17.7 Å². The summed E-state index contributed by atoms with van der Waals surface area (Å²) >= 11 is 12.8. The summed E-state index contributed by atoms with van der Waals surface area (Å²) in [5, 5.41) is 11.6. The Kier molecular flexibility index (Phi) is 14.0. The van der Waals surface area contributed by atoms with Crippen molar-refractivity contribution < 1.29 is 33.6 Å². The Morgan fingerprint density at radius 1 is 1.06 bits per heavy atom. The molecule has 2 aromatic carbocycles. The van der Waals surface area contributed by atoms with E-state index in [0.717, 1.165) is 18.7 Å². The zero-order chi connectivity index (χ0) is 34.6. The van der Waals surface area contributed by atoms with Gasteiger partial charge in [-0.15, -0.1) is 0 Å². The lowest BCUT2D eigenvalue weighted by Crippen LogP contribution is -2.63. The quantitative estimate of drug-likeness (QED) is 0.0846. The molecule has 2 aliphatic rings. The van der Waals surface area contributed by atoms with Gasteiger partial charge in [-0.1, -0.05) is 47.5 Å². The fraction of sp³-hybridized carbons (Fsp3) is 0.515. The topological polar surface area (TPSA) is 143 Å². The maximum atomic E-state index is 14.1. The number of non-ortho nitro benzene ring substituents is 1. The van der Waals surface area contributed by atoms with Gasteiger partial charge in [0, 0.05) is 56.3 Å². The summed E-state index contributed by atoms with van der Waals surface area (Å²) in [7, 11) is 0. The van der Waals surface area contributed by atoms with E-state index in [0.29, 0.717) is 43.2 Å². The molecule has 0 aromatic heterocycles. The van der Waals surface area contributed by atoms with Gasteiger partial charge in [-0.3, -0.25) is 34.2 Å². The predicted octanol–water partition coefficient (Wildman–Crippen LogP) is 3.14. The first-order chi connectivity index (χ1) is 23.0. The van der Waals surface area contributed by atoms with Gasteiger partial charge in [0.1, 0.15) is 24.6 Å². The van der Waals surface area contributed by atoms with Gasteiger partial charge in [0.05, 0.1) is 31.2 Å². The number of halogens is 2. The van der Waals surface area contributed by atoms with Gasteiger partial charge < -0.3 is 24.2 Å². The average molecular weight is 707 g/mol. The van der Waals surface area contributed by atoms with Crippen molar-refractivity contribution in [3.63, 3.8) is 0 Å². The third-order valence-corrected chi connectivity index (χ3v) is 9.01. The molecule has 0 bridgehead atoms. The molecule has 260 valence electrons. The van der Waals surface area contributed by atoms with E-state index in [1.165, 1.54) is 26.8 Å². The van der Waals surface area contributed by atoms with Crippen LogP contribution in [0.1, 0.15) is 30.9 Å². The van der Waals surface area contributed by atoms with Crippen LogP contribution < -0.4 is 0 Å². The normalized spacial score (nSPS) is 17.7. The Bertz CT molecular complexity index is 1420. The van der Waals surface area contributed by atoms with Crippen LogP contribution in [-0.4, -0.2) is 125 Å². The summed E-state index contributed by atoms with van der Waals surface area (Å²) in [6, 6.07) is 11.8. The largest absolute Gasteiger partial charge is 0.465 e. The summed E-state index contributed by atoms with van der Waals surface area (Å²) < 4.78 is 10.5. The zero-order valence-corrected chi connectivity index (χ0v) is 28.4. The van der Waals surface area contributed by atoms with E-state index >= 15 is 0 Å². The number of rotatable bonds is 16.